The third-order valence-corrected chi connectivity index (χ3v) is 3.60. The smallest absolute Gasteiger partial charge is 0.263 e. The number of rotatable bonds is 2. The molecule has 112 valence electrons. The molecule has 0 atom stereocenters. The number of anilines is 1. The second-order valence-corrected chi connectivity index (χ2v) is 4.97. The fourth-order valence-corrected chi connectivity index (χ4v) is 2.48. The van der Waals surface area contributed by atoms with Gasteiger partial charge in [0.25, 0.3) is 5.56 Å². The summed E-state index contributed by atoms with van der Waals surface area (Å²) < 4.78 is 6.91. The molecule has 1 N–H and O–H groups in total. The fraction of sp³-hybridized carbons (Fsp3) is 0.286. The Morgan fingerprint density at radius 3 is 2.86 bits per heavy atom. The average molecular weight is 298 g/mol. The number of hydrogen-bond acceptors (Lipinski definition) is 6. The summed E-state index contributed by atoms with van der Waals surface area (Å²) >= 11 is 0. The van der Waals surface area contributed by atoms with Gasteiger partial charge in [0.15, 0.2) is 11.5 Å². The van der Waals surface area contributed by atoms with Crippen molar-refractivity contribution in [3.8, 4) is 5.82 Å². The number of pyridine rings is 1. The summed E-state index contributed by atoms with van der Waals surface area (Å²) in [7, 11) is 0. The largest absolute Gasteiger partial charge is 0.378 e. The minimum absolute atomic E-state index is 0.200. The van der Waals surface area contributed by atoms with E-state index in [1.165, 1.54) is 6.20 Å². The summed E-state index contributed by atoms with van der Waals surface area (Å²) in [6.45, 7) is 2.65. The zero-order valence-corrected chi connectivity index (χ0v) is 11.8. The lowest BCUT2D eigenvalue weighted by atomic mass is 10.4. The maximum absolute atomic E-state index is 12.3. The number of H-pyrrole nitrogens is 1. The first-order valence-electron chi connectivity index (χ1n) is 7.05. The van der Waals surface area contributed by atoms with E-state index in [4.69, 9.17) is 4.74 Å². The second-order valence-electron chi connectivity index (χ2n) is 4.97. The topological polar surface area (TPSA) is 88.9 Å². The van der Waals surface area contributed by atoms with Crippen molar-refractivity contribution >= 4 is 17.0 Å². The van der Waals surface area contributed by atoms with Crippen LogP contribution >= 0.6 is 0 Å². The third kappa shape index (κ3) is 2.13. The van der Waals surface area contributed by atoms with Gasteiger partial charge in [-0.25, -0.2) is 4.98 Å². The van der Waals surface area contributed by atoms with E-state index in [2.05, 4.69) is 20.1 Å². The Kier molecular flexibility index (Phi) is 3.08. The van der Waals surface area contributed by atoms with Gasteiger partial charge >= 0.3 is 0 Å². The van der Waals surface area contributed by atoms with Crippen molar-refractivity contribution in [3.63, 3.8) is 0 Å². The molecule has 0 spiro atoms. The van der Waals surface area contributed by atoms with E-state index in [0.29, 0.717) is 49.1 Å². The van der Waals surface area contributed by atoms with E-state index in [1.807, 2.05) is 23.1 Å². The summed E-state index contributed by atoms with van der Waals surface area (Å²) in [6, 6.07) is 5.52. The zero-order chi connectivity index (χ0) is 14.9. The summed E-state index contributed by atoms with van der Waals surface area (Å²) in [5, 5.41) is 4.69. The van der Waals surface area contributed by atoms with E-state index in [1.54, 1.807) is 10.9 Å². The minimum atomic E-state index is -0.200. The molecule has 1 aliphatic rings. The van der Waals surface area contributed by atoms with Crippen LogP contribution in [-0.4, -0.2) is 51.0 Å². The normalized spacial score (nSPS) is 15.4. The molecule has 1 fully saturated rings. The van der Waals surface area contributed by atoms with Crippen molar-refractivity contribution in [1.82, 2.24) is 24.7 Å². The number of nitrogens with one attached hydrogen (secondary N) is 1. The van der Waals surface area contributed by atoms with Crippen LogP contribution in [0.3, 0.4) is 0 Å². The third-order valence-electron chi connectivity index (χ3n) is 3.60. The molecule has 0 unspecified atom stereocenters. The molecule has 0 saturated carbocycles. The molecule has 0 radical (unpaired) electrons. The Morgan fingerprint density at radius 2 is 2.09 bits per heavy atom. The van der Waals surface area contributed by atoms with Crippen LogP contribution < -0.4 is 10.5 Å². The molecule has 3 aromatic rings. The SMILES string of the molecule is O=c1[nH]c(N2CCOCC2)nc2c1cnn2-c1ccccn1. The van der Waals surface area contributed by atoms with Gasteiger partial charge < -0.3 is 9.64 Å². The molecule has 8 heteroatoms. The summed E-state index contributed by atoms with van der Waals surface area (Å²) in [5.74, 6) is 1.17. The molecule has 4 rings (SSSR count). The molecular formula is C14H14N6O2. The van der Waals surface area contributed by atoms with E-state index in [-0.39, 0.29) is 5.56 Å². The van der Waals surface area contributed by atoms with Gasteiger partial charge in [0.2, 0.25) is 5.95 Å². The van der Waals surface area contributed by atoms with Gasteiger partial charge in [0, 0.05) is 19.3 Å². The van der Waals surface area contributed by atoms with E-state index in [9.17, 15) is 4.79 Å². The molecule has 1 saturated heterocycles. The Morgan fingerprint density at radius 1 is 1.23 bits per heavy atom. The number of nitrogens with zero attached hydrogens (tertiary/aromatic N) is 5. The maximum atomic E-state index is 12.3. The Labute approximate surface area is 125 Å². The van der Waals surface area contributed by atoms with E-state index < -0.39 is 0 Å². The number of aromatic nitrogens is 5. The molecule has 4 heterocycles. The molecule has 0 amide bonds. The van der Waals surface area contributed by atoms with Crippen LogP contribution in [0.5, 0.6) is 0 Å². The molecular weight excluding hydrogens is 284 g/mol. The van der Waals surface area contributed by atoms with Crippen molar-refractivity contribution in [2.24, 2.45) is 0 Å². The number of hydrogen-bond donors (Lipinski definition) is 1. The molecule has 0 aromatic carbocycles. The highest BCUT2D eigenvalue weighted by Crippen LogP contribution is 2.15. The highest BCUT2D eigenvalue weighted by molar-refractivity contribution is 5.76. The van der Waals surface area contributed by atoms with Gasteiger partial charge in [-0.1, -0.05) is 6.07 Å². The molecule has 22 heavy (non-hydrogen) atoms. The highest BCUT2D eigenvalue weighted by Gasteiger charge is 2.17. The van der Waals surface area contributed by atoms with E-state index >= 15 is 0 Å². The highest BCUT2D eigenvalue weighted by atomic mass is 16.5. The van der Waals surface area contributed by atoms with Crippen LogP contribution in [-0.2, 0) is 4.74 Å². The van der Waals surface area contributed by atoms with Crippen molar-refractivity contribution in [3.05, 3.63) is 40.9 Å². The summed E-state index contributed by atoms with van der Waals surface area (Å²) in [5.41, 5.74) is 0.303. The zero-order valence-electron chi connectivity index (χ0n) is 11.8. The van der Waals surface area contributed by atoms with Crippen molar-refractivity contribution in [1.29, 1.82) is 0 Å². The monoisotopic (exact) mass is 298 g/mol. The van der Waals surface area contributed by atoms with Crippen molar-refractivity contribution in [2.45, 2.75) is 0 Å². The molecule has 3 aromatic heterocycles. The Hall–Kier alpha value is -2.74. The van der Waals surface area contributed by atoms with Crippen molar-refractivity contribution in [2.75, 3.05) is 31.2 Å². The lowest BCUT2D eigenvalue weighted by Gasteiger charge is -2.27. The first-order chi connectivity index (χ1) is 10.8. The molecule has 1 aliphatic heterocycles. The predicted molar refractivity (Wildman–Crippen MR) is 80.3 cm³/mol. The van der Waals surface area contributed by atoms with Gasteiger partial charge in [0.05, 0.1) is 19.4 Å². The standard InChI is InChI=1S/C14H14N6O2/c21-13-10-9-16-20(11-3-1-2-4-15-11)12(10)17-14(18-13)19-5-7-22-8-6-19/h1-4,9H,5-8H2,(H,17,18,21). The summed E-state index contributed by atoms with van der Waals surface area (Å²) in [6.07, 6.45) is 3.19. The maximum Gasteiger partial charge on any atom is 0.263 e. The summed E-state index contributed by atoms with van der Waals surface area (Å²) in [4.78, 5) is 25.9. The van der Waals surface area contributed by atoms with Crippen LogP contribution in [0.25, 0.3) is 16.9 Å². The van der Waals surface area contributed by atoms with Crippen molar-refractivity contribution < 1.29 is 4.74 Å². The fourth-order valence-electron chi connectivity index (χ4n) is 2.48. The molecule has 8 nitrogen and oxygen atoms in total. The number of morpholine rings is 1. The van der Waals surface area contributed by atoms with Gasteiger partial charge in [-0.2, -0.15) is 14.8 Å². The first kappa shape index (κ1) is 13.0. The van der Waals surface area contributed by atoms with Gasteiger partial charge in [-0.05, 0) is 12.1 Å². The van der Waals surface area contributed by atoms with Crippen LogP contribution in [0, 0.1) is 0 Å². The predicted octanol–water partition coefficient (Wildman–Crippen LogP) is 0.340. The Bertz CT molecular complexity index is 851. The number of aromatic amines is 1. The number of fused-ring (bicyclic) bond motifs is 1. The van der Waals surface area contributed by atoms with Crippen LogP contribution in [0.1, 0.15) is 0 Å². The first-order valence-corrected chi connectivity index (χ1v) is 7.05. The lowest BCUT2D eigenvalue weighted by Crippen LogP contribution is -2.38. The Balaban J connectivity index is 1.86. The quantitative estimate of drug-likeness (QED) is 0.734. The van der Waals surface area contributed by atoms with Gasteiger partial charge in [-0.15, -0.1) is 0 Å². The number of ether oxygens (including phenoxy) is 1. The van der Waals surface area contributed by atoms with Crippen LogP contribution in [0.4, 0.5) is 5.95 Å². The van der Waals surface area contributed by atoms with Crippen LogP contribution in [0.2, 0.25) is 0 Å². The lowest BCUT2D eigenvalue weighted by molar-refractivity contribution is 0.122. The molecule has 0 aliphatic carbocycles. The van der Waals surface area contributed by atoms with Gasteiger partial charge in [-0.3, -0.25) is 9.78 Å². The van der Waals surface area contributed by atoms with Crippen LogP contribution in [0.15, 0.2) is 35.4 Å². The minimum Gasteiger partial charge on any atom is -0.378 e. The van der Waals surface area contributed by atoms with Gasteiger partial charge in [0.1, 0.15) is 5.39 Å². The van der Waals surface area contributed by atoms with E-state index in [0.717, 1.165) is 0 Å². The average Bonchev–Trinajstić information content (AvgIpc) is 3.01. The second kappa shape index (κ2) is 5.23. The molecule has 0 bridgehead atoms.